The van der Waals surface area contributed by atoms with Crippen LogP contribution in [0.15, 0.2) is 24.3 Å². The molecule has 2 aromatic rings. The lowest BCUT2D eigenvalue weighted by Gasteiger charge is -2.27. The van der Waals surface area contributed by atoms with Gasteiger partial charge < -0.3 is 14.6 Å². The van der Waals surface area contributed by atoms with E-state index in [1.165, 1.54) is 29.2 Å². The molecule has 0 radical (unpaired) electrons. The summed E-state index contributed by atoms with van der Waals surface area (Å²) >= 11 is 0. The smallest absolute Gasteiger partial charge is 0.355 e. The standard InChI is InChI=1S/C21H25FN2O4/c1-6-24(20(26)15-8-10-16(22)11-9-15)14(5)19(25)17-12(3)18(23-13(17)4)21(27)28-7-2/h8-11,14,23H,6-7H2,1-5H3. The van der Waals surface area contributed by atoms with Crippen LogP contribution in [0.2, 0.25) is 0 Å². The van der Waals surface area contributed by atoms with Crippen LogP contribution in [0.1, 0.15) is 63.2 Å². The lowest BCUT2D eigenvalue weighted by molar-refractivity contribution is 0.0519. The Labute approximate surface area is 163 Å². The number of ether oxygens (including phenoxy) is 1. The molecule has 1 heterocycles. The number of ketones is 1. The molecule has 0 aliphatic heterocycles. The van der Waals surface area contributed by atoms with E-state index in [1.807, 2.05) is 0 Å². The van der Waals surface area contributed by atoms with Gasteiger partial charge in [0, 0.05) is 23.4 Å². The van der Waals surface area contributed by atoms with Crippen LogP contribution in [0.5, 0.6) is 0 Å². The minimum absolute atomic E-state index is 0.228. The minimum atomic E-state index is -0.759. The molecule has 28 heavy (non-hydrogen) atoms. The second-order valence-electron chi connectivity index (χ2n) is 6.48. The van der Waals surface area contributed by atoms with Crippen molar-refractivity contribution < 1.29 is 23.5 Å². The molecule has 0 aliphatic carbocycles. The number of carbonyl (C=O) groups is 3. The first-order valence-corrected chi connectivity index (χ1v) is 9.19. The van der Waals surface area contributed by atoms with Crippen molar-refractivity contribution in [1.82, 2.24) is 9.88 Å². The van der Waals surface area contributed by atoms with Crippen molar-refractivity contribution in [1.29, 1.82) is 0 Å². The van der Waals surface area contributed by atoms with Crippen LogP contribution in [0, 0.1) is 19.7 Å². The predicted molar refractivity (Wildman–Crippen MR) is 103 cm³/mol. The molecule has 0 bridgehead atoms. The summed E-state index contributed by atoms with van der Waals surface area (Å²) in [5.74, 6) is -1.60. The molecule has 1 aromatic heterocycles. The maximum absolute atomic E-state index is 13.1. The number of aromatic amines is 1. The summed E-state index contributed by atoms with van der Waals surface area (Å²) in [5, 5.41) is 0. The summed E-state index contributed by atoms with van der Waals surface area (Å²) < 4.78 is 18.1. The van der Waals surface area contributed by atoms with Gasteiger partial charge in [0.05, 0.1) is 12.6 Å². The fourth-order valence-electron chi connectivity index (χ4n) is 3.23. The summed E-state index contributed by atoms with van der Waals surface area (Å²) in [6.45, 7) is 9.02. The van der Waals surface area contributed by atoms with Gasteiger partial charge >= 0.3 is 5.97 Å². The van der Waals surface area contributed by atoms with Crippen molar-refractivity contribution >= 4 is 17.7 Å². The highest BCUT2D eigenvalue weighted by molar-refractivity contribution is 6.07. The molecule has 0 spiro atoms. The second-order valence-corrected chi connectivity index (χ2v) is 6.48. The summed E-state index contributed by atoms with van der Waals surface area (Å²) in [5.41, 5.74) is 1.96. The van der Waals surface area contributed by atoms with Gasteiger partial charge in [-0.2, -0.15) is 0 Å². The van der Waals surface area contributed by atoms with Crippen molar-refractivity contribution in [3.63, 3.8) is 0 Å². The molecule has 0 aliphatic rings. The molecular weight excluding hydrogens is 363 g/mol. The largest absolute Gasteiger partial charge is 0.461 e. The van der Waals surface area contributed by atoms with Gasteiger partial charge in [-0.3, -0.25) is 9.59 Å². The first-order valence-electron chi connectivity index (χ1n) is 9.19. The molecule has 1 atom stereocenters. The average molecular weight is 388 g/mol. The maximum atomic E-state index is 13.1. The van der Waals surface area contributed by atoms with Crippen LogP contribution >= 0.6 is 0 Å². The van der Waals surface area contributed by atoms with Gasteiger partial charge in [-0.15, -0.1) is 0 Å². The first-order chi connectivity index (χ1) is 13.2. The van der Waals surface area contributed by atoms with Crippen molar-refractivity contribution in [3.8, 4) is 0 Å². The number of carbonyl (C=O) groups excluding carboxylic acids is 3. The fourth-order valence-corrected chi connectivity index (χ4v) is 3.23. The molecule has 7 heteroatoms. The topological polar surface area (TPSA) is 79.5 Å². The Morgan fingerprint density at radius 2 is 1.75 bits per heavy atom. The molecule has 2 rings (SSSR count). The Morgan fingerprint density at radius 1 is 1.14 bits per heavy atom. The van der Waals surface area contributed by atoms with Gasteiger partial charge in [-0.05, 0) is 64.4 Å². The number of hydrogen-bond acceptors (Lipinski definition) is 4. The number of benzene rings is 1. The number of likely N-dealkylation sites (N-methyl/N-ethyl adjacent to an activating group) is 1. The van der Waals surface area contributed by atoms with Gasteiger partial charge in [0.2, 0.25) is 0 Å². The van der Waals surface area contributed by atoms with Crippen molar-refractivity contribution in [3.05, 3.63) is 58.2 Å². The van der Waals surface area contributed by atoms with E-state index in [-0.39, 0.29) is 24.0 Å². The fraction of sp³-hybridized carbons (Fsp3) is 0.381. The van der Waals surface area contributed by atoms with Gasteiger partial charge in [0.15, 0.2) is 5.78 Å². The number of Topliss-reactive ketones (excluding diaryl/α,β-unsaturated/α-hetero) is 1. The Bertz CT molecular complexity index is 887. The molecule has 1 aromatic carbocycles. The molecule has 150 valence electrons. The zero-order valence-electron chi connectivity index (χ0n) is 16.8. The number of nitrogens with zero attached hydrogens (tertiary/aromatic N) is 1. The number of esters is 1. The number of rotatable bonds is 7. The van der Waals surface area contributed by atoms with E-state index in [2.05, 4.69) is 4.98 Å². The van der Waals surface area contributed by atoms with Crippen molar-refractivity contribution in [2.45, 2.75) is 40.7 Å². The SMILES string of the molecule is CCOC(=O)c1[nH]c(C)c(C(=O)C(C)N(CC)C(=O)c2ccc(F)cc2)c1C. The Balaban J connectivity index is 2.33. The van der Waals surface area contributed by atoms with E-state index in [4.69, 9.17) is 4.74 Å². The third kappa shape index (κ3) is 4.13. The molecule has 1 N–H and O–H groups in total. The highest BCUT2D eigenvalue weighted by Gasteiger charge is 2.31. The van der Waals surface area contributed by atoms with Gasteiger partial charge in [0.1, 0.15) is 11.5 Å². The zero-order valence-corrected chi connectivity index (χ0v) is 16.8. The summed E-state index contributed by atoms with van der Waals surface area (Å²) in [6, 6.07) is 4.44. The normalized spacial score (nSPS) is 11.8. The molecule has 6 nitrogen and oxygen atoms in total. The molecule has 0 saturated carbocycles. The van der Waals surface area contributed by atoms with Gasteiger partial charge in [-0.1, -0.05) is 0 Å². The Hall–Kier alpha value is -2.96. The monoisotopic (exact) mass is 388 g/mol. The Morgan fingerprint density at radius 3 is 2.29 bits per heavy atom. The average Bonchev–Trinajstić information content (AvgIpc) is 2.96. The van der Waals surface area contributed by atoms with Gasteiger partial charge in [-0.25, -0.2) is 9.18 Å². The van der Waals surface area contributed by atoms with E-state index in [0.717, 1.165) is 0 Å². The van der Waals surface area contributed by atoms with Crippen molar-refractivity contribution in [2.24, 2.45) is 0 Å². The highest BCUT2D eigenvalue weighted by atomic mass is 19.1. The second kappa shape index (κ2) is 8.82. The Kier molecular flexibility index (Phi) is 6.72. The van der Waals surface area contributed by atoms with Crippen LogP contribution in [0.25, 0.3) is 0 Å². The maximum Gasteiger partial charge on any atom is 0.355 e. The number of amides is 1. The number of nitrogens with one attached hydrogen (secondary N) is 1. The van der Waals surface area contributed by atoms with E-state index in [0.29, 0.717) is 28.9 Å². The lowest BCUT2D eigenvalue weighted by Crippen LogP contribution is -2.43. The number of H-pyrrole nitrogens is 1. The van der Waals surface area contributed by atoms with Gasteiger partial charge in [0.25, 0.3) is 5.91 Å². The summed E-state index contributed by atoms with van der Waals surface area (Å²) in [6.07, 6.45) is 0. The van der Waals surface area contributed by atoms with Crippen LogP contribution in [0.4, 0.5) is 4.39 Å². The van der Waals surface area contributed by atoms with Crippen LogP contribution in [-0.2, 0) is 4.74 Å². The highest BCUT2D eigenvalue weighted by Crippen LogP contribution is 2.23. The molecule has 0 fully saturated rings. The van der Waals surface area contributed by atoms with Crippen LogP contribution in [0.3, 0.4) is 0 Å². The first kappa shape index (κ1) is 21.3. The third-order valence-electron chi connectivity index (χ3n) is 4.70. The number of aryl methyl sites for hydroxylation is 1. The molecule has 0 saturated heterocycles. The summed E-state index contributed by atoms with van der Waals surface area (Å²) in [4.78, 5) is 42.4. The number of hydrogen-bond donors (Lipinski definition) is 1. The molecule has 1 unspecified atom stereocenters. The van der Waals surface area contributed by atoms with E-state index < -0.39 is 17.8 Å². The van der Waals surface area contributed by atoms with E-state index >= 15 is 0 Å². The van der Waals surface area contributed by atoms with Crippen LogP contribution in [-0.4, -0.2) is 46.7 Å². The third-order valence-corrected chi connectivity index (χ3v) is 4.70. The van der Waals surface area contributed by atoms with Crippen LogP contribution < -0.4 is 0 Å². The lowest BCUT2D eigenvalue weighted by atomic mass is 9.99. The summed E-state index contributed by atoms with van der Waals surface area (Å²) in [7, 11) is 0. The predicted octanol–water partition coefficient (Wildman–Crippen LogP) is 3.68. The number of halogens is 1. The minimum Gasteiger partial charge on any atom is -0.461 e. The zero-order chi connectivity index (χ0) is 21.0. The molecule has 1 amide bonds. The van der Waals surface area contributed by atoms with E-state index in [1.54, 1.807) is 34.6 Å². The van der Waals surface area contributed by atoms with Crippen molar-refractivity contribution in [2.75, 3.05) is 13.2 Å². The quantitative estimate of drug-likeness (QED) is 0.580. The molecular formula is C21H25FN2O4. The van der Waals surface area contributed by atoms with E-state index in [9.17, 15) is 18.8 Å². The number of aromatic nitrogens is 1.